The highest BCUT2D eigenvalue weighted by Gasteiger charge is 2.24. The second-order valence-electron chi connectivity index (χ2n) is 6.36. The number of urea groups is 1. The number of carbonyl (C=O) groups is 1. The maximum atomic E-state index is 13.7. The van der Waals surface area contributed by atoms with Gasteiger partial charge in [0.25, 0.3) is 0 Å². The molecule has 6 heteroatoms. The molecule has 23 heavy (non-hydrogen) atoms. The van der Waals surface area contributed by atoms with E-state index in [1.54, 1.807) is 6.07 Å². The first kappa shape index (κ1) is 18.1. The molecule has 0 radical (unpaired) electrons. The SMILES string of the molecule is CS[C@H]1CC[C@@H](NC(=O)NCc2ccc(F)c(CN(C)C)c2)C1. The minimum absolute atomic E-state index is 0.143. The van der Waals surface area contributed by atoms with Gasteiger partial charge in [-0.15, -0.1) is 0 Å². The average molecular weight is 339 g/mol. The molecule has 1 saturated carbocycles. The molecule has 2 N–H and O–H groups in total. The van der Waals surface area contributed by atoms with Gasteiger partial charge in [-0.05, 0) is 57.3 Å². The number of thioether (sulfide) groups is 1. The molecule has 1 aromatic carbocycles. The predicted molar refractivity (Wildman–Crippen MR) is 94.1 cm³/mol. The van der Waals surface area contributed by atoms with E-state index in [9.17, 15) is 9.18 Å². The van der Waals surface area contributed by atoms with Crippen LogP contribution in [-0.2, 0) is 13.1 Å². The van der Waals surface area contributed by atoms with Gasteiger partial charge in [0.2, 0.25) is 0 Å². The van der Waals surface area contributed by atoms with Crippen molar-refractivity contribution in [3.63, 3.8) is 0 Å². The molecule has 2 atom stereocenters. The molecule has 0 saturated heterocycles. The van der Waals surface area contributed by atoms with Crippen LogP contribution in [0.4, 0.5) is 9.18 Å². The predicted octanol–water partition coefficient (Wildman–Crippen LogP) is 2.97. The Bertz CT molecular complexity index is 539. The first-order valence-electron chi connectivity index (χ1n) is 7.97. The van der Waals surface area contributed by atoms with Crippen molar-refractivity contribution in [2.75, 3.05) is 20.4 Å². The van der Waals surface area contributed by atoms with Crippen molar-refractivity contribution in [1.82, 2.24) is 15.5 Å². The topological polar surface area (TPSA) is 44.4 Å². The Hall–Kier alpha value is -1.27. The molecule has 1 aliphatic rings. The van der Waals surface area contributed by atoms with E-state index in [-0.39, 0.29) is 17.9 Å². The Morgan fingerprint density at radius 2 is 2.17 bits per heavy atom. The van der Waals surface area contributed by atoms with Crippen molar-refractivity contribution in [1.29, 1.82) is 0 Å². The number of amides is 2. The maximum absolute atomic E-state index is 13.7. The smallest absolute Gasteiger partial charge is 0.315 e. The van der Waals surface area contributed by atoms with E-state index in [1.165, 1.54) is 6.07 Å². The van der Waals surface area contributed by atoms with Crippen molar-refractivity contribution in [3.05, 3.63) is 35.1 Å². The minimum atomic E-state index is -0.207. The van der Waals surface area contributed by atoms with Crippen LogP contribution in [0.2, 0.25) is 0 Å². The van der Waals surface area contributed by atoms with E-state index in [2.05, 4.69) is 16.9 Å². The highest BCUT2D eigenvalue weighted by Crippen LogP contribution is 2.28. The van der Waals surface area contributed by atoms with E-state index in [0.29, 0.717) is 23.9 Å². The Morgan fingerprint density at radius 1 is 1.39 bits per heavy atom. The highest BCUT2D eigenvalue weighted by atomic mass is 32.2. The Morgan fingerprint density at radius 3 is 2.83 bits per heavy atom. The van der Waals surface area contributed by atoms with Gasteiger partial charge >= 0.3 is 6.03 Å². The third kappa shape index (κ3) is 5.70. The number of halogens is 1. The highest BCUT2D eigenvalue weighted by molar-refractivity contribution is 7.99. The van der Waals surface area contributed by atoms with Gasteiger partial charge < -0.3 is 15.5 Å². The number of carbonyl (C=O) groups excluding carboxylic acids is 1. The lowest BCUT2D eigenvalue weighted by atomic mass is 10.1. The zero-order valence-corrected chi connectivity index (χ0v) is 14.9. The molecule has 0 aromatic heterocycles. The molecular formula is C17H26FN3OS. The van der Waals surface area contributed by atoms with Gasteiger partial charge in [0.1, 0.15) is 5.82 Å². The van der Waals surface area contributed by atoms with Crippen LogP contribution in [0.5, 0.6) is 0 Å². The first-order chi connectivity index (χ1) is 11.0. The van der Waals surface area contributed by atoms with E-state index in [4.69, 9.17) is 0 Å². The van der Waals surface area contributed by atoms with Gasteiger partial charge in [-0.2, -0.15) is 11.8 Å². The lowest BCUT2D eigenvalue weighted by Gasteiger charge is -2.15. The summed E-state index contributed by atoms with van der Waals surface area (Å²) in [4.78, 5) is 13.9. The number of hydrogen-bond donors (Lipinski definition) is 2. The maximum Gasteiger partial charge on any atom is 0.315 e. The van der Waals surface area contributed by atoms with E-state index in [0.717, 1.165) is 24.8 Å². The molecule has 1 aliphatic carbocycles. The molecule has 128 valence electrons. The average Bonchev–Trinajstić information content (AvgIpc) is 2.95. The summed E-state index contributed by atoms with van der Waals surface area (Å²) in [6, 6.07) is 5.12. The van der Waals surface area contributed by atoms with Gasteiger partial charge in [0.05, 0.1) is 0 Å². The van der Waals surface area contributed by atoms with Crippen LogP contribution in [0.15, 0.2) is 18.2 Å². The van der Waals surface area contributed by atoms with Crippen LogP contribution >= 0.6 is 11.8 Å². The molecular weight excluding hydrogens is 313 g/mol. The summed E-state index contributed by atoms with van der Waals surface area (Å²) < 4.78 is 13.7. The number of rotatable bonds is 6. The summed E-state index contributed by atoms with van der Waals surface area (Å²) in [5, 5.41) is 6.55. The molecule has 2 amide bonds. The van der Waals surface area contributed by atoms with Gasteiger partial charge in [-0.25, -0.2) is 9.18 Å². The monoisotopic (exact) mass is 339 g/mol. The molecule has 0 unspecified atom stereocenters. The number of nitrogens with zero attached hydrogens (tertiary/aromatic N) is 1. The fourth-order valence-corrected chi connectivity index (χ4v) is 3.70. The summed E-state index contributed by atoms with van der Waals surface area (Å²) in [6.45, 7) is 0.954. The van der Waals surface area contributed by atoms with Crippen LogP contribution in [0.25, 0.3) is 0 Å². The normalized spacial score (nSPS) is 20.7. The molecule has 0 heterocycles. The zero-order valence-electron chi connectivity index (χ0n) is 14.1. The lowest BCUT2D eigenvalue weighted by Crippen LogP contribution is -2.40. The fourth-order valence-electron chi connectivity index (χ4n) is 2.90. The molecule has 1 aromatic rings. The molecule has 0 spiro atoms. The van der Waals surface area contributed by atoms with Crippen molar-refractivity contribution >= 4 is 17.8 Å². The summed E-state index contributed by atoms with van der Waals surface area (Å²) >= 11 is 1.87. The third-order valence-electron chi connectivity index (χ3n) is 4.10. The Balaban J connectivity index is 1.82. The van der Waals surface area contributed by atoms with Crippen molar-refractivity contribution in [2.24, 2.45) is 0 Å². The Labute approximate surface area is 142 Å². The molecule has 4 nitrogen and oxygen atoms in total. The summed E-state index contributed by atoms with van der Waals surface area (Å²) in [7, 11) is 3.81. The third-order valence-corrected chi connectivity index (χ3v) is 5.20. The number of benzene rings is 1. The van der Waals surface area contributed by atoms with Gasteiger partial charge in [0.15, 0.2) is 0 Å². The lowest BCUT2D eigenvalue weighted by molar-refractivity contribution is 0.236. The van der Waals surface area contributed by atoms with Crippen molar-refractivity contribution in [3.8, 4) is 0 Å². The molecule has 1 fully saturated rings. The standard InChI is InChI=1S/C17H26FN3OS/c1-21(2)11-13-8-12(4-7-16(13)18)10-19-17(22)20-14-5-6-15(9-14)23-3/h4,7-8,14-15H,5-6,9-11H2,1-3H3,(H2,19,20,22)/t14-,15+/m1/s1. The van der Waals surface area contributed by atoms with E-state index < -0.39 is 0 Å². The second kappa shape index (κ2) is 8.55. The second-order valence-corrected chi connectivity index (χ2v) is 7.50. The molecule has 0 aliphatic heterocycles. The quantitative estimate of drug-likeness (QED) is 0.837. The van der Waals surface area contributed by atoms with Crippen molar-refractivity contribution in [2.45, 2.75) is 43.6 Å². The first-order valence-corrected chi connectivity index (χ1v) is 9.26. The zero-order chi connectivity index (χ0) is 16.8. The van der Waals surface area contributed by atoms with Crippen molar-refractivity contribution < 1.29 is 9.18 Å². The van der Waals surface area contributed by atoms with Crippen LogP contribution < -0.4 is 10.6 Å². The van der Waals surface area contributed by atoms with Gasteiger partial charge in [-0.3, -0.25) is 0 Å². The number of nitrogens with one attached hydrogen (secondary N) is 2. The fraction of sp³-hybridized carbons (Fsp3) is 0.588. The van der Waals surface area contributed by atoms with E-state index >= 15 is 0 Å². The van der Waals surface area contributed by atoms with Crippen LogP contribution in [0, 0.1) is 5.82 Å². The Kier molecular flexibility index (Phi) is 6.72. The summed E-state index contributed by atoms with van der Waals surface area (Å²) in [5.74, 6) is -0.207. The molecule has 0 bridgehead atoms. The number of hydrogen-bond acceptors (Lipinski definition) is 3. The van der Waals surface area contributed by atoms with E-state index in [1.807, 2.05) is 36.8 Å². The van der Waals surface area contributed by atoms with Gasteiger partial charge in [0, 0.05) is 29.9 Å². The largest absolute Gasteiger partial charge is 0.335 e. The van der Waals surface area contributed by atoms with Crippen LogP contribution in [-0.4, -0.2) is 42.6 Å². The van der Waals surface area contributed by atoms with Crippen LogP contribution in [0.1, 0.15) is 30.4 Å². The summed E-state index contributed by atoms with van der Waals surface area (Å²) in [5.41, 5.74) is 1.56. The molecule has 2 rings (SSSR count). The summed E-state index contributed by atoms with van der Waals surface area (Å²) in [6.07, 6.45) is 5.37. The van der Waals surface area contributed by atoms with Crippen LogP contribution in [0.3, 0.4) is 0 Å². The minimum Gasteiger partial charge on any atom is -0.335 e. The van der Waals surface area contributed by atoms with Gasteiger partial charge in [-0.1, -0.05) is 6.07 Å².